The Kier molecular flexibility index (Phi) is 5.43. The smallest absolute Gasteiger partial charge is 0.300 e. The van der Waals surface area contributed by atoms with Crippen LogP contribution in [0.25, 0.3) is 0 Å². The van der Waals surface area contributed by atoms with Gasteiger partial charge in [-0.15, -0.1) is 6.58 Å². The molecule has 22 heavy (non-hydrogen) atoms. The number of aromatic nitrogens is 1. The average molecular weight is 304 g/mol. The molecule has 1 aromatic rings. The molecule has 1 aliphatic rings. The van der Waals surface area contributed by atoms with Gasteiger partial charge in [-0.3, -0.25) is 9.36 Å². The molecule has 2 rings (SSSR count). The summed E-state index contributed by atoms with van der Waals surface area (Å²) in [6.07, 6.45) is 8.99. The van der Waals surface area contributed by atoms with Crippen LogP contribution in [0, 0.1) is 0 Å². The number of hydrogen-bond acceptors (Lipinski definition) is 3. The molecule has 0 amide bonds. The Labute approximate surface area is 132 Å². The summed E-state index contributed by atoms with van der Waals surface area (Å²) in [5.74, 6) is 0.694. The van der Waals surface area contributed by atoms with Crippen molar-refractivity contribution in [2.45, 2.75) is 77.3 Å². The molecule has 1 aromatic heterocycles. The minimum absolute atomic E-state index is 0.0141. The summed E-state index contributed by atoms with van der Waals surface area (Å²) in [6, 6.07) is 1.85. The molecule has 0 aromatic carbocycles. The van der Waals surface area contributed by atoms with Crippen molar-refractivity contribution in [3.05, 3.63) is 40.5 Å². The minimum Gasteiger partial charge on any atom is -0.430 e. The van der Waals surface area contributed by atoms with E-state index in [0.717, 1.165) is 19.3 Å². The van der Waals surface area contributed by atoms with Crippen LogP contribution < -0.4 is 11.2 Å². The second-order valence-electron chi connectivity index (χ2n) is 7.11. The third kappa shape index (κ3) is 4.46. The third-order valence-corrected chi connectivity index (χ3v) is 3.92. The van der Waals surface area contributed by atoms with Gasteiger partial charge in [-0.25, -0.2) is 4.99 Å². The van der Waals surface area contributed by atoms with Gasteiger partial charge in [0, 0.05) is 18.5 Å². The lowest BCUT2D eigenvalue weighted by molar-refractivity contribution is 0.276. The predicted molar refractivity (Wildman–Crippen MR) is 88.9 cm³/mol. The molecule has 0 atom stereocenters. The van der Waals surface area contributed by atoms with Crippen LogP contribution in [0.15, 0.2) is 32.9 Å². The van der Waals surface area contributed by atoms with Crippen LogP contribution in [0.2, 0.25) is 0 Å². The molecule has 0 spiro atoms. The van der Waals surface area contributed by atoms with E-state index in [1.54, 1.807) is 10.6 Å². The van der Waals surface area contributed by atoms with Crippen molar-refractivity contribution >= 4 is 0 Å². The molecule has 122 valence electrons. The zero-order chi connectivity index (χ0) is 16.2. The molecule has 0 aliphatic heterocycles. The Morgan fingerprint density at radius 3 is 2.64 bits per heavy atom. The SMILES string of the molecule is C=CCCc1cc(=O)n(C2CCCCC2)c(=NC(C)(C)C)o1. The van der Waals surface area contributed by atoms with E-state index in [1.807, 2.05) is 26.8 Å². The summed E-state index contributed by atoms with van der Waals surface area (Å²) < 4.78 is 7.75. The standard InChI is InChI=1S/C18H28N2O2/c1-5-6-12-15-13-16(21)20(14-10-8-7-9-11-14)17(22-15)19-18(2,3)4/h5,13-14H,1,6-12H2,2-4H3. The molecule has 0 radical (unpaired) electrons. The van der Waals surface area contributed by atoms with E-state index in [0.29, 0.717) is 17.9 Å². The number of nitrogens with zero attached hydrogens (tertiary/aromatic N) is 2. The average Bonchev–Trinajstić information content (AvgIpc) is 2.44. The van der Waals surface area contributed by atoms with E-state index in [9.17, 15) is 4.79 Å². The van der Waals surface area contributed by atoms with E-state index >= 15 is 0 Å². The zero-order valence-electron chi connectivity index (χ0n) is 14.1. The fourth-order valence-electron chi connectivity index (χ4n) is 2.90. The maximum absolute atomic E-state index is 12.6. The Morgan fingerprint density at radius 1 is 1.36 bits per heavy atom. The minimum atomic E-state index is -0.274. The van der Waals surface area contributed by atoms with E-state index in [1.165, 1.54) is 19.3 Å². The van der Waals surface area contributed by atoms with Gasteiger partial charge in [-0.2, -0.15) is 0 Å². The summed E-state index contributed by atoms with van der Waals surface area (Å²) in [6.45, 7) is 9.79. The highest BCUT2D eigenvalue weighted by Crippen LogP contribution is 2.26. The first-order chi connectivity index (χ1) is 10.4. The number of rotatable bonds is 4. The normalized spacial score (nSPS) is 17.7. The van der Waals surface area contributed by atoms with Crippen molar-refractivity contribution in [3.8, 4) is 0 Å². The molecule has 1 heterocycles. The van der Waals surface area contributed by atoms with Gasteiger partial charge in [0.05, 0.1) is 5.54 Å². The molecule has 0 N–H and O–H groups in total. The maximum Gasteiger partial charge on any atom is 0.300 e. The topological polar surface area (TPSA) is 47.5 Å². The largest absolute Gasteiger partial charge is 0.430 e. The van der Waals surface area contributed by atoms with E-state index in [-0.39, 0.29) is 17.1 Å². The fraction of sp³-hybridized carbons (Fsp3) is 0.667. The van der Waals surface area contributed by atoms with Crippen LogP contribution in [0.4, 0.5) is 0 Å². The second-order valence-corrected chi connectivity index (χ2v) is 7.11. The first-order valence-electron chi connectivity index (χ1n) is 8.33. The highest BCUT2D eigenvalue weighted by atomic mass is 16.4. The molecule has 4 nitrogen and oxygen atoms in total. The molecule has 1 saturated carbocycles. The molecular formula is C18H28N2O2. The fourth-order valence-corrected chi connectivity index (χ4v) is 2.90. The summed E-state index contributed by atoms with van der Waals surface area (Å²) in [5.41, 5.74) is 0.217. The Morgan fingerprint density at radius 2 is 2.05 bits per heavy atom. The highest BCUT2D eigenvalue weighted by molar-refractivity contribution is 4.98. The first kappa shape index (κ1) is 16.8. The van der Waals surface area contributed by atoms with Gasteiger partial charge >= 0.3 is 0 Å². The molecule has 0 bridgehead atoms. The van der Waals surface area contributed by atoms with Crippen LogP contribution in [0.5, 0.6) is 0 Å². The van der Waals surface area contributed by atoms with Gasteiger partial charge < -0.3 is 4.42 Å². The molecule has 0 unspecified atom stereocenters. The quantitative estimate of drug-likeness (QED) is 0.795. The summed E-state index contributed by atoms with van der Waals surface area (Å²) in [5, 5.41) is 0. The van der Waals surface area contributed by atoms with Crippen LogP contribution in [-0.2, 0) is 6.42 Å². The lowest BCUT2D eigenvalue weighted by Gasteiger charge is -2.24. The predicted octanol–water partition coefficient (Wildman–Crippen LogP) is 3.76. The van der Waals surface area contributed by atoms with Crippen molar-refractivity contribution in [2.24, 2.45) is 4.99 Å². The van der Waals surface area contributed by atoms with Crippen molar-refractivity contribution in [1.29, 1.82) is 0 Å². The van der Waals surface area contributed by atoms with Gasteiger partial charge in [0.25, 0.3) is 11.2 Å². The van der Waals surface area contributed by atoms with Crippen LogP contribution >= 0.6 is 0 Å². The lowest BCUT2D eigenvalue weighted by Crippen LogP contribution is -2.39. The Hall–Kier alpha value is -1.58. The number of aryl methyl sites for hydroxylation is 1. The summed E-state index contributed by atoms with van der Waals surface area (Å²) >= 11 is 0. The monoisotopic (exact) mass is 304 g/mol. The first-order valence-corrected chi connectivity index (χ1v) is 8.33. The second kappa shape index (κ2) is 7.12. The Bertz CT molecular complexity index is 626. The van der Waals surface area contributed by atoms with Crippen molar-refractivity contribution < 1.29 is 4.42 Å². The van der Waals surface area contributed by atoms with Gasteiger partial charge in [0.1, 0.15) is 5.76 Å². The number of hydrogen-bond donors (Lipinski definition) is 0. The van der Waals surface area contributed by atoms with E-state index in [2.05, 4.69) is 11.6 Å². The molecule has 1 fully saturated rings. The Balaban J connectivity index is 2.52. The maximum atomic E-state index is 12.6. The third-order valence-electron chi connectivity index (χ3n) is 3.92. The molecule has 0 saturated heterocycles. The summed E-state index contributed by atoms with van der Waals surface area (Å²) in [7, 11) is 0. The van der Waals surface area contributed by atoms with Gasteiger partial charge in [0.15, 0.2) is 0 Å². The van der Waals surface area contributed by atoms with Crippen molar-refractivity contribution in [3.63, 3.8) is 0 Å². The van der Waals surface area contributed by atoms with Gasteiger partial charge in [-0.1, -0.05) is 25.3 Å². The van der Waals surface area contributed by atoms with Crippen molar-refractivity contribution in [2.75, 3.05) is 0 Å². The molecule has 1 aliphatic carbocycles. The van der Waals surface area contributed by atoms with Gasteiger partial charge in [-0.05, 0) is 40.0 Å². The van der Waals surface area contributed by atoms with Gasteiger partial charge in [0.2, 0.25) is 0 Å². The zero-order valence-corrected chi connectivity index (χ0v) is 14.1. The van der Waals surface area contributed by atoms with Crippen LogP contribution in [-0.4, -0.2) is 10.1 Å². The van der Waals surface area contributed by atoms with E-state index < -0.39 is 0 Å². The highest BCUT2D eigenvalue weighted by Gasteiger charge is 2.20. The lowest BCUT2D eigenvalue weighted by atomic mass is 9.95. The van der Waals surface area contributed by atoms with Crippen LogP contribution in [0.3, 0.4) is 0 Å². The summed E-state index contributed by atoms with van der Waals surface area (Å²) in [4.78, 5) is 17.3. The number of allylic oxidation sites excluding steroid dienone is 1. The molecular weight excluding hydrogens is 276 g/mol. The molecule has 4 heteroatoms. The van der Waals surface area contributed by atoms with E-state index in [4.69, 9.17) is 4.42 Å². The van der Waals surface area contributed by atoms with Crippen molar-refractivity contribution in [1.82, 2.24) is 4.57 Å². The van der Waals surface area contributed by atoms with Crippen LogP contribution in [0.1, 0.15) is 71.1 Å².